The SMILES string of the molecule is CC[C@H](CN1C2CCC1CC(OC(c1ccc(F)cc1)c1ccc(F)cc1)C2)c1ccccc1. The Balaban J connectivity index is 1.31. The van der Waals surface area contributed by atoms with Gasteiger partial charge >= 0.3 is 0 Å². The van der Waals surface area contributed by atoms with E-state index in [9.17, 15) is 8.78 Å². The van der Waals surface area contributed by atoms with Gasteiger partial charge in [0, 0.05) is 18.6 Å². The van der Waals surface area contributed by atoms with Crippen LogP contribution in [-0.4, -0.2) is 29.6 Å². The summed E-state index contributed by atoms with van der Waals surface area (Å²) in [5, 5.41) is 0. The molecule has 5 rings (SSSR count). The van der Waals surface area contributed by atoms with Crippen LogP contribution in [0.25, 0.3) is 0 Å². The van der Waals surface area contributed by atoms with E-state index in [1.807, 2.05) is 0 Å². The molecule has 3 atom stereocenters. The molecule has 3 aromatic carbocycles. The van der Waals surface area contributed by atoms with E-state index >= 15 is 0 Å². The maximum atomic E-state index is 13.6. The number of halogens is 2. The third-order valence-corrected chi connectivity index (χ3v) is 7.71. The second-order valence-corrected chi connectivity index (χ2v) is 9.81. The average molecular weight is 462 g/mol. The van der Waals surface area contributed by atoms with Crippen molar-refractivity contribution in [3.63, 3.8) is 0 Å². The van der Waals surface area contributed by atoms with Crippen molar-refractivity contribution in [3.8, 4) is 0 Å². The maximum absolute atomic E-state index is 13.6. The van der Waals surface area contributed by atoms with E-state index in [2.05, 4.69) is 42.2 Å². The number of hydrogen-bond acceptors (Lipinski definition) is 2. The minimum atomic E-state index is -0.329. The highest BCUT2D eigenvalue weighted by Crippen LogP contribution is 2.41. The molecule has 0 aromatic heterocycles. The Bertz CT molecular complexity index is 994. The van der Waals surface area contributed by atoms with E-state index in [4.69, 9.17) is 4.74 Å². The van der Waals surface area contributed by atoms with Crippen LogP contribution in [0.4, 0.5) is 8.78 Å². The first-order chi connectivity index (χ1) is 16.6. The zero-order chi connectivity index (χ0) is 23.5. The second kappa shape index (κ2) is 10.4. The molecular formula is C30H33F2NO. The van der Waals surface area contributed by atoms with E-state index in [1.165, 1.54) is 42.7 Å². The average Bonchev–Trinajstić information content (AvgIpc) is 3.09. The van der Waals surface area contributed by atoms with Crippen LogP contribution in [-0.2, 0) is 4.74 Å². The van der Waals surface area contributed by atoms with Gasteiger partial charge in [-0.2, -0.15) is 0 Å². The summed E-state index contributed by atoms with van der Waals surface area (Å²) in [6, 6.07) is 24.9. The smallest absolute Gasteiger partial charge is 0.123 e. The predicted molar refractivity (Wildman–Crippen MR) is 132 cm³/mol. The number of hydrogen-bond donors (Lipinski definition) is 0. The molecule has 2 fully saturated rings. The van der Waals surface area contributed by atoms with E-state index < -0.39 is 0 Å². The lowest BCUT2D eigenvalue weighted by molar-refractivity contribution is -0.0493. The number of fused-ring (bicyclic) bond motifs is 2. The first-order valence-corrected chi connectivity index (χ1v) is 12.6. The molecule has 4 heteroatoms. The second-order valence-electron chi connectivity index (χ2n) is 9.81. The minimum Gasteiger partial charge on any atom is -0.365 e. The summed E-state index contributed by atoms with van der Waals surface area (Å²) in [6.07, 6.45) is 5.37. The molecule has 178 valence electrons. The number of rotatable bonds is 8. The standard InChI is InChI=1S/C30H33F2NO/c1-2-21(22-6-4-3-5-7-22)20-33-27-16-17-28(33)19-29(18-27)34-30(23-8-12-25(31)13-9-23)24-10-14-26(32)15-11-24/h3-15,21,27-30H,2,16-20H2,1H3/t21-,27?,28?,29?/m1/s1. The normalized spacial score (nSPS) is 23.4. The van der Waals surface area contributed by atoms with Crippen molar-refractivity contribution in [1.82, 2.24) is 4.90 Å². The summed E-state index contributed by atoms with van der Waals surface area (Å²) in [6.45, 7) is 3.38. The molecule has 2 nitrogen and oxygen atoms in total. The van der Waals surface area contributed by atoms with Gasteiger partial charge in [0.15, 0.2) is 0 Å². The van der Waals surface area contributed by atoms with Crippen molar-refractivity contribution in [2.24, 2.45) is 0 Å². The first-order valence-electron chi connectivity index (χ1n) is 12.6. The maximum Gasteiger partial charge on any atom is 0.123 e. The third-order valence-electron chi connectivity index (χ3n) is 7.71. The molecule has 2 saturated heterocycles. The summed E-state index contributed by atoms with van der Waals surface area (Å²) in [7, 11) is 0. The molecule has 0 aliphatic carbocycles. The quantitative estimate of drug-likeness (QED) is 0.350. The fourth-order valence-corrected chi connectivity index (χ4v) is 5.90. The van der Waals surface area contributed by atoms with Gasteiger partial charge in [-0.3, -0.25) is 4.90 Å². The lowest BCUT2D eigenvalue weighted by Gasteiger charge is -2.41. The Morgan fingerprint density at radius 1 is 0.765 bits per heavy atom. The van der Waals surface area contributed by atoms with Gasteiger partial charge in [0.05, 0.1) is 6.10 Å². The molecule has 2 unspecified atom stereocenters. The molecule has 2 aliphatic rings. The fraction of sp³-hybridized carbons (Fsp3) is 0.400. The largest absolute Gasteiger partial charge is 0.365 e. The van der Waals surface area contributed by atoms with Crippen LogP contribution in [0.2, 0.25) is 0 Å². The lowest BCUT2D eigenvalue weighted by Crippen LogP contribution is -2.47. The molecule has 0 saturated carbocycles. The highest BCUT2D eigenvalue weighted by atomic mass is 19.1. The van der Waals surface area contributed by atoms with Crippen LogP contribution in [0.5, 0.6) is 0 Å². The van der Waals surface area contributed by atoms with Crippen molar-refractivity contribution < 1.29 is 13.5 Å². The van der Waals surface area contributed by atoms with Crippen molar-refractivity contribution in [3.05, 3.63) is 107 Å². The summed E-state index contributed by atoms with van der Waals surface area (Å²) in [4.78, 5) is 2.73. The van der Waals surface area contributed by atoms with Gasteiger partial charge < -0.3 is 4.74 Å². The highest BCUT2D eigenvalue weighted by molar-refractivity contribution is 5.31. The van der Waals surface area contributed by atoms with Crippen LogP contribution in [0.1, 0.15) is 67.7 Å². The lowest BCUT2D eigenvalue weighted by atomic mass is 9.92. The third kappa shape index (κ3) is 5.08. The van der Waals surface area contributed by atoms with Crippen molar-refractivity contribution >= 4 is 0 Å². The zero-order valence-corrected chi connectivity index (χ0v) is 19.7. The molecule has 2 aliphatic heterocycles. The summed E-state index contributed by atoms with van der Waals surface area (Å²) in [5.41, 5.74) is 3.23. The molecule has 2 bridgehead atoms. The molecule has 3 aromatic rings. The highest BCUT2D eigenvalue weighted by Gasteiger charge is 2.42. The van der Waals surface area contributed by atoms with Crippen LogP contribution in [0.3, 0.4) is 0 Å². The number of ether oxygens (including phenoxy) is 1. The summed E-state index contributed by atoms with van der Waals surface area (Å²) >= 11 is 0. The molecule has 0 radical (unpaired) electrons. The van der Waals surface area contributed by atoms with Gasteiger partial charge in [0.2, 0.25) is 0 Å². The van der Waals surface area contributed by atoms with Crippen molar-refractivity contribution in [2.75, 3.05) is 6.54 Å². The van der Waals surface area contributed by atoms with Crippen molar-refractivity contribution in [2.45, 2.75) is 69.2 Å². The predicted octanol–water partition coefficient (Wildman–Crippen LogP) is 7.26. The van der Waals surface area contributed by atoms with E-state index in [0.717, 1.165) is 36.9 Å². The Hall–Kier alpha value is -2.56. The Labute approximate surface area is 201 Å². The number of benzene rings is 3. The monoisotopic (exact) mass is 461 g/mol. The van der Waals surface area contributed by atoms with Crippen LogP contribution in [0.15, 0.2) is 78.9 Å². The zero-order valence-electron chi connectivity index (χ0n) is 19.7. The van der Waals surface area contributed by atoms with Crippen LogP contribution >= 0.6 is 0 Å². The topological polar surface area (TPSA) is 12.5 Å². The van der Waals surface area contributed by atoms with Crippen molar-refractivity contribution in [1.29, 1.82) is 0 Å². The fourth-order valence-electron chi connectivity index (χ4n) is 5.90. The van der Waals surface area contributed by atoms with Gasteiger partial charge in [-0.05, 0) is 79.0 Å². The van der Waals surface area contributed by atoms with E-state index in [-0.39, 0.29) is 23.8 Å². The van der Waals surface area contributed by atoms with Gasteiger partial charge in [-0.25, -0.2) is 8.78 Å². The van der Waals surface area contributed by atoms with Gasteiger partial charge in [0.25, 0.3) is 0 Å². The minimum absolute atomic E-state index is 0.130. The number of nitrogens with zero attached hydrogens (tertiary/aromatic N) is 1. The van der Waals surface area contributed by atoms with Gasteiger partial charge in [-0.15, -0.1) is 0 Å². The Morgan fingerprint density at radius 3 is 1.79 bits per heavy atom. The molecule has 0 amide bonds. The molecule has 0 N–H and O–H groups in total. The Kier molecular flexibility index (Phi) is 7.07. The van der Waals surface area contributed by atoms with Crippen LogP contribution in [0, 0.1) is 11.6 Å². The van der Waals surface area contributed by atoms with E-state index in [1.54, 1.807) is 24.3 Å². The van der Waals surface area contributed by atoms with Gasteiger partial charge in [0.1, 0.15) is 17.7 Å². The summed E-state index contributed by atoms with van der Waals surface area (Å²) in [5.74, 6) is 0.0154. The van der Waals surface area contributed by atoms with E-state index in [0.29, 0.717) is 18.0 Å². The number of piperidine rings is 1. The van der Waals surface area contributed by atoms with Crippen LogP contribution < -0.4 is 0 Å². The molecular weight excluding hydrogens is 428 g/mol. The molecule has 34 heavy (non-hydrogen) atoms. The first kappa shape index (κ1) is 23.2. The Morgan fingerprint density at radius 2 is 1.29 bits per heavy atom. The molecule has 2 heterocycles. The molecule has 0 spiro atoms. The summed E-state index contributed by atoms with van der Waals surface area (Å²) < 4.78 is 33.9. The van der Waals surface area contributed by atoms with Gasteiger partial charge in [-0.1, -0.05) is 61.5 Å².